The van der Waals surface area contributed by atoms with E-state index in [1.165, 1.54) is 6.08 Å². The second-order valence-electron chi connectivity index (χ2n) is 8.51. The third-order valence-corrected chi connectivity index (χ3v) is 7.96. The number of primary amides is 1. The Morgan fingerprint density at radius 2 is 1.94 bits per heavy atom. The minimum absolute atomic E-state index is 0.455. The zero-order chi connectivity index (χ0) is 24.9. The molecule has 2 rings (SSSR count). The minimum Gasteiger partial charge on any atom is -0.498 e. The van der Waals surface area contributed by atoms with E-state index in [-0.39, 0.29) is 0 Å². The second kappa shape index (κ2) is 15.2. The predicted octanol–water partition coefficient (Wildman–Crippen LogP) is 2.41. The molecule has 2 fully saturated rings. The quantitative estimate of drug-likeness (QED) is 0.308. The van der Waals surface area contributed by atoms with Gasteiger partial charge in [0.15, 0.2) is 6.17 Å². The average Bonchev–Trinajstić information content (AvgIpc) is 2.83. The summed E-state index contributed by atoms with van der Waals surface area (Å²) in [6.07, 6.45) is 10.2. The molecule has 2 aliphatic rings. The molecule has 1 amide bonds. The number of amides is 1. The number of likely N-dealkylation sites (N-methyl/N-ethyl adjacent to an activating group) is 1. The monoisotopic (exact) mass is 485 g/mol. The van der Waals surface area contributed by atoms with Gasteiger partial charge in [-0.3, -0.25) is 4.79 Å². The standard InChI is InChI=1S/C13H19FO.C11H21N3O3S/c1-5-11(3)10-15-12(4)8-7-9-13(14)6-2;1-13-4-6-14(7-5-13)18(16)11(10(12)15)2-8-17-9-3-11/h2,7-9,11,13H,5,10H2,1,3-4H3;2-9H2,1H3,(H2,12,15)/b9-7-,12-8+;. The van der Waals surface area contributed by atoms with Gasteiger partial charge >= 0.3 is 0 Å². The SMILES string of the molecule is C#CC(F)/C=C\C=C(/C)OCC(C)CC.CN1CCN(S(=O)C2(C(N)=O)CCOCC2)CC1. The van der Waals surface area contributed by atoms with E-state index < -0.39 is 27.8 Å². The maximum Gasteiger partial charge on any atom is 0.237 e. The Balaban J connectivity index is 0.000000337. The molecule has 0 spiro atoms. The van der Waals surface area contributed by atoms with E-state index in [9.17, 15) is 13.4 Å². The molecule has 2 aliphatic heterocycles. The van der Waals surface area contributed by atoms with E-state index in [1.807, 2.05) is 24.2 Å². The van der Waals surface area contributed by atoms with Crippen molar-refractivity contribution in [2.24, 2.45) is 11.7 Å². The first kappa shape index (κ1) is 29.3. The zero-order valence-corrected chi connectivity index (χ0v) is 21.2. The zero-order valence-electron chi connectivity index (χ0n) is 20.4. The maximum atomic E-state index is 12.7. The summed E-state index contributed by atoms with van der Waals surface area (Å²) in [7, 11) is 0.696. The molecule has 188 valence electrons. The van der Waals surface area contributed by atoms with Gasteiger partial charge in [0.2, 0.25) is 5.91 Å². The first-order chi connectivity index (χ1) is 15.7. The number of alkyl halides is 1. The molecule has 9 heteroatoms. The van der Waals surface area contributed by atoms with Crippen molar-refractivity contribution in [2.75, 3.05) is 53.0 Å². The fourth-order valence-electron chi connectivity index (χ4n) is 3.19. The van der Waals surface area contributed by atoms with Crippen LogP contribution in [0.2, 0.25) is 0 Å². The molecule has 3 atom stereocenters. The van der Waals surface area contributed by atoms with Gasteiger partial charge in [-0.05, 0) is 44.9 Å². The maximum absolute atomic E-state index is 12.7. The fourth-order valence-corrected chi connectivity index (χ4v) is 4.87. The second-order valence-corrected chi connectivity index (χ2v) is 10.3. The number of piperazine rings is 1. The van der Waals surface area contributed by atoms with Crippen LogP contribution in [-0.2, 0) is 25.3 Å². The normalized spacial score (nSPS) is 22.5. The van der Waals surface area contributed by atoms with Gasteiger partial charge in [-0.2, -0.15) is 0 Å². The van der Waals surface area contributed by atoms with Crippen LogP contribution in [0.15, 0.2) is 24.0 Å². The molecular weight excluding hydrogens is 445 g/mol. The van der Waals surface area contributed by atoms with Crippen molar-refractivity contribution < 1.29 is 22.9 Å². The van der Waals surface area contributed by atoms with E-state index in [1.54, 1.807) is 12.2 Å². The lowest BCUT2D eigenvalue weighted by Crippen LogP contribution is -2.58. The molecule has 2 saturated heterocycles. The number of carbonyl (C=O) groups excluding carboxylic acids is 1. The van der Waals surface area contributed by atoms with Crippen LogP contribution < -0.4 is 5.73 Å². The Bertz CT molecular complexity index is 724. The Hall–Kier alpha value is -1.73. The van der Waals surface area contributed by atoms with Crippen molar-refractivity contribution in [1.29, 1.82) is 0 Å². The summed E-state index contributed by atoms with van der Waals surface area (Å²) < 4.78 is 36.9. The molecule has 0 radical (unpaired) electrons. The number of rotatable bonds is 9. The summed E-state index contributed by atoms with van der Waals surface area (Å²) in [5.74, 6) is 2.83. The molecule has 2 heterocycles. The highest BCUT2D eigenvalue weighted by Crippen LogP contribution is 2.29. The number of nitrogens with zero attached hydrogens (tertiary/aromatic N) is 2. The Morgan fingerprint density at radius 3 is 2.45 bits per heavy atom. The Kier molecular flexibility index (Phi) is 13.5. The highest BCUT2D eigenvalue weighted by Gasteiger charge is 2.47. The summed E-state index contributed by atoms with van der Waals surface area (Å²) in [5, 5.41) is 0. The van der Waals surface area contributed by atoms with Gasteiger partial charge in [0, 0.05) is 39.4 Å². The van der Waals surface area contributed by atoms with Crippen molar-refractivity contribution in [3.05, 3.63) is 24.0 Å². The van der Waals surface area contributed by atoms with Gasteiger partial charge in [-0.15, -0.1) is 6.42 Å². The van der Waals surface area contributed by atoms with Crippen LogP contribution in [0.25, 0.3) is 0 Å². The molecule has 2 N–H and O–H groups in total. The van der Waals surface area contributed by atoms with Gasteiger partial charge in [-0.1, -0.05) is 32.3 Å². The van der Waals surface area contributed by atoms with Crippen LogP contribution in [-0.4, -0.2) is 83.3 Å². The van der Waals surface area contributed by atoms with Gasteiger partial charge in [0.1, 0.15) is 15.7 Å². The van der Waals surface area contributed by atoms with Crippen molar-refractivity contribution in [3.63, 3.8) is 0 Å². The summed E-state index contributed by atoms with van der Waals surface area (Å²) in [6, 6.07) is 0. The molecule has 3 unspecified atom stereocenters. The first-order valence-corrected chi connectivity index (χ1v) is 12.6. The molecule has 0 saturated carbocycles. The number of terminal acetylenes is 1. The van der Waals surface area contributed by atoms with Crippen molar-refractivity contribution in [1.82, 2.24) is 9.21 Å². The molecular formula is C24H40FN3O4S. The summed E-state index contributed by atoms with van der Waals surface area (Å²) >= 11 is 0. The number of allylic oxidation sites excluding steroid dienone is 4. The molecule has 0 aromatic carbocycles. The first-order valence-electron chi connectivity index (χ1n) is 11.5. The highest BCUT2D eigenvalue weighted by atomic mass is 32.2. The summed E-state index contributed by atoms with van der Waals surface area (Å²) in [6.45, 7) is 10.9. The summed E-state index contributed by atoms with van der Waals surface area (Å²) in [5.41, 5.74) is 5.51. The lowest BCUT2D eigenvalue weighted by Gasteiger charge is -2.39. The van der Waals surface area contributed by atoms with Gasteiger partial charge < -0.3 is 20.1 Å². The largest absolute Gasteiger partial charge is 0.498 e. The Labute approximate surface area is 201 Å². The number of hydrogen-bond acceptors (Lipinski definition) is 5. The van der Waals surface area contributed by atoms with Crippen LogP contribution in [0, 0.1) is 18.3 Å². The average molecular weight is 486 g/mol. The van der Waals surface area contributed by atoms with E-state index >= 15 is 0 Å². The van der Waals surface area contributed by atoms with E-state index in [0.29, 0.717) is 38.6 Å². The van der Waals surface area contributed by atoms with Crippen molar-refractivity contribution >= 4 is 16.9 Å². The van der Waals surface area contributed by atoms with Gasteiger partial charge in [0.25, 0.3) is 0 Å². The van der Waals surface area contributed by atoms with E-state index in [4.69, 9.17) is 21.6 Å². The number of ether oxygens (including phenoxy) is 2. The number of nitrogens with two attached hydrogens (primary N) is 1. The number of hydrogen-bond donors (Lipinski definition) is 1. The van der Waals surface area contributed by atoms with Crippen LogP contribution in [0.4, 0.5) is 4.39 Å². The fraction of sp³-hybridized carbons (Fsp3) is 0.708. The smallest absolute Gasteiger partial charge is 0.237 e. The number of halogens is 1. The van der Waals surface area contributed by atoms with Crippen LogP contribution >= 0.6 is 0 Å². The van der Waals surface area contributed by atoms with E-state index in [0.717, 1.165) is 38.4 Å². The minimum atomic E-state index is -1.34. The molecule has 33 heavy (non-hydrogen) atoms. The molecule has 0 aromatic rings. The van der Waals surface area contributed by atoms with Crippen molar-refractivity contribution in [3.8, 4) is 12.3 Å². The molecule has 0 aromatic heterocycles. The highest BCUT2D eigenvalue weighted by molar-refractivity contribution is 7.85. The molecule has 7 nitrogen and oxygen atoms in total. The Morgan fingerprint density at radius 1 is 1.33 bits per heavy atom. The molecule has 0 bridgehead atoms. The topological polar surface area (TPSA) is 85.1 Å². The van der Waals surface area contributed by atoms with Gasteiger partial charge in [0.05, 0.1) is 12.4 Å². The van der Waals surface area contributed by atoms with E-state index in [2.05, 4.69) is 18.7 Å². The third kappa shape index (κ3) is 9.97. The third-order valence-electron chi connectivity index (χ3n) is 5.84. The lowest BCUT2D eigenvalue weighted by molar-refractivity contribution is -0.122. The van der Waals surface area contributed by atoms with Crippen molar-refractivity contribution in [2.45, 2.75) is 51.0 Å². The number of carbonyl (C=O) groups is 1. The lowest BCUT2D eigenvalue weighted by atomic mass is 9.98. The van der Waals surface area contributed by atoms with Gasteiger partial charge in [-0.25, -0.2) is 12.9 Å². The van der Waals surface area contributed by atoms with Crippen LogP contribution in [0.5, 0.6) is 0 Å². The van der Waals surface area contributed by atoms with Crippen LogP contribution in [0.1, 0.15) is 40.0 Å². The van der Waals surface area contributed by atoms with Crippen LogP contribution in [0.3, 0.4) is 0 Å². The summed E-state index contributed by atoms with van der Waals surface area (Å²) in [4.78, 5) is 14.0. The predicted molar refractivity (Wildman–Crippen MR) is 131 cm³/mol. The molecule has 0 aliphatic carbocycles.